The molecular formula is C18H23N3O2. The van der Waals surface area contributed by atoms with E-state index < -0.39 is 0 Å². The maximum absolute atomic E-state index is 12.8. The van der Waals surface area contributed by atoms with Crippen molar-refractivity contribution in [1.82, 2.24) is 10.1 Å². The van der Waals surface area contributed by atoms with E-state index in [1.165, 1.54) is 0 Å². The molecule has 1 aromatic carbocycles. The summed E-state index contributed by atoms with van der Waals surface area (Å²) in [7, 11) is 0. The lowest BCUT2D eigenvalue weighted by Gasteiger charge is -2.20. The van der Waals surface area contributed by atoms with Crippen LogP contribution in [0.4, 0.5) is 5.69 Å². The third-order valence-corrected chi connectivity index (χ3v) is 4.52. The van der Waals surface area contributed by atoms with Crippen LogP contribution in [0.2, 0.25) is 0 Å². The van der Waals surface area contributed by atoms with Crippen molar-refractivity contribution in [2.45, 2.75) is 40.2 Å². The number of nitrogens with zero attached hydrogens (tertiary/aromatic N) is 2. The summed E-state index contributed by atoms with van der Waals surface area (Å²) in [4.78, 5) is 14.8. The van der Waals surface area contributed by atoms with Gasteiger partial charge in [-0.2, -0.15) is 0 Å². The Balaban J connectivity index is 1.84. The van der Waals surface area contributed by atoms with Crippen LogP contribution in [0.5, 0.6) is 0 Å². The summed E-state index contributed by atoms with van der Waals surface area (Å²) in [6.07, 6.45) is 2.19. The van der Waals surface area contributed by atoms with Gasteiger partial charge in [-0.1, -0.05) is 17.3 Å². The van der Waals surface area contributed by atoms with Gasteiger partial charge in [0.2, 0.25) is 0 Å². The van der Waals surface area contributed by atoms with Gasteiger partial charge in [0, 0.05) is 30.9 Å². The molecule has 1 amide bonds. The number of nitrogens with one attached hydrogen (secondary N) is 1. The van der Waals surface area contributed by atoms with Crippen molar-refractivity contribution in [2.75, 3.05) is 18.4 Å². The molecule has 1 N–H and O–H groups in total. The standard InChI is InChI=1S/C18H23N3O2/c1-12-7-6-8-16(17(12)18(22)21-9-4-5-10-21)19-11-15-13(2)20-23-14(15)3/h6-8,19H,4-5,9-11H2,1-3H3. The Labute approximate surface area is 136 Å². The number of hydrogen-bond donors (Lipinski definition) is 1. The van der Waals surface area contributed by atoms with E-state index in [0.29, 0.717) is 6.54 Å². The first-order valence-corrected chi connectivity index (χ1v) is 8.12. The van der Waals surface area contributed by atoms with E-state index in [-0.39, 0.29) is 5.91 Å². The second kappa shape index (κ2) is 6.44. The molecule has 122 valence electrons. The topological polar surface area (TPSA) is 58.4 Å². The van der Waals surface area contributed by atoms with Gasteiger partial charge >= 0.3 is 0 Å². The molecule has 5 nitrogen and oxygen atoms in total. The molecule has 0 saturated carbocycles. The highest BCUT2D eigenvalue weighted by molar-refractivity contribution is 6.01. The Morgan fingerprint density at radius 1 is 1.26 bits per heavy atom. The maximum Gasteiger partial charge on any atom is 0.256 e. The molecule has 1 saturated heterocycles. The fourth-order valence-electron chi connectivity index (χ4n) is 3.12. The molecule has 0 spiro atoms. The number of anilines is 1. The number of likely N-dealkylation sites (tertiary alicyclic amines) is 1. The summed E-state index contributed by atoms with van der Waals surface area (Å²) in [5.74, 6) is 0.942. The minimum atomic E-state index is 0.127. The summed E-state index contributed by atoms with van der Waals surface area (Å²) < 4.78 is 5.20. The molecule has 0 bridgehead atoms. The minimum absolute atomic E-state index is 0.127. The highest BCUT2D eigenvalue weighted by Gasteiger charge is 2.23. The van der Waals surface area contributed by atoms with Crippen LogP contribution in [-0.4, -0.2) is 29.1 Å². The third-order valence-electron chi connectivity index (χ3n) is 4.52. The fourth-order valence-corrected chi connectivity index (χ4v) is 3.12. The molecule has 1 aliphatic rings. The first kappa shape index (κ1) is 15.6. The number of hydrogen-bond acceptors (Lipinski definition) is 4. The van der Waals surface area contributed by atoms with E-state index in [1.807, 2.05) is 43.9 Å². The molecule has 0 aliphatic carbocycles. The van der Waals surface area contributed by atoms with Crippen LogP contribution >= 0.6 is 0 Å². The molecule has 3 rings (SSSR count). The van der Waals surface area contributed by atoms with Gasteiger partial charge in [-0.25, -0.2) is 0 Å². The third kappa shape index (κ3) is 3.09. The molecule has 0 radical (unpaired) electrons. The van der Waals surface area contributed by atoms with E-state index in [2.05, 4.69) is 10.5 Å². The van der Waals surface area contributed by atoms with Crippen molar-refractivity contribution in [2.24, 2.45) is 0 Å². The van der Waals surface area contributed by atoms with Gasteiger partial charge in [-0.3, -0.25) is 4.79 Å². The van der Waals surface area contributed by atoms with Crippen LogP contribution in [0.1, 0.15) is 45.8 Å². The van der Waals surface area contributed by atoms with Gasteiger partial charge in [0.1, 0.15) is 5.76 Å². The van der Waals surface area contributed by atoms with Crippen LogP contribution in [-0.2, 0) is 6.54 Å². The summed E-state index contributed by atoms with van der Waals surface area (Å²) in [5, 5.41) is 7.37. The van der Waals surface area contributed by atoms with Gasteiger partial charge in [0.25, 0.3) is 5.91 Å². The Hall–Kier alpha value is -2.30. The number of benzene rings is 1. The number of rotatable bonds is 4. The average Bonchev–Trinajstić information content (AvgIpc) is 3.16. The first-order chi connectivity index (χ1) is 11.1. The SMILES string of the molecule is Cc1cccc(NCc2c(C)noc2C)c1C(=O)N1CCCC1. The van der Waals surface area contributed by atoms with Crippen LogP contribution in [0.3, 0.4) is 0 Å². The van der Waals surface area contributed by atoms with Gasteiger partial charge in [0.15, 0.2) is 0 Å². The van der Waals surface area contributed by atoms with E-state index in [0.717, 1.165) is 59.8 Å². The molecule has 1 fully saturated rings. The summed E-state index contributed by atoms with van der Waals surface area (Å²) in [5.41, 5.74) is 4.59. The van der Waals surface area contributed by atoms with E-state index in [9.17, 15) is 4.79 Å². The Morgan fingerprint density at radius 2 is 2.00 bits per heavy atom. The van der Waals surface area contributed by atoms with Gasteiger partial charge < -0.3 is 14.7 Å². The number of amides is 1. The molecule has 0 unspecified atom stereocenters. The van der Waals surface area contributed by atoms with Gasteiger partial charge in [-0.15, -0.1) is 0 Å². The highest BCUT2D eigenvalue weighted by Crippen LogP contribution is 2.25. The molecule has 5 heteroatoms. The maximum atomic E-state index is 12.8. The molecule has 2 heterocycles. The molecule has 1 aliphatic heterocycles. The second-order valence-corrected chi connectivity index (χ2v) is 6.15. The van der Waals surface area contributed by atoms with Crippen LogP contribution in [0.25, 0.3) is 0 Å². The number of aromatic nitrogens is 1. The van der Waals surface area contributed by atoms with Gasteiger partial charge in [-0.05, 0) is 45.2 Å². The van der Waals surface area contributed by atoms with Crippen molar-refractivity contribution in [3.63, 3.8) is 0 Å². The van der Waals surface area contributed by atoms with Crippen molar-refractivity contribution in [3.8, 4) is 0 Å². The summed E-state index contributed by atoms with van der Waals surface area (Å²) in [6.45, 7) is 8.14. The minimum Gasteiger partial charge on any atom is -0.380 e. The zero-order valence-electron chi connectivity index (χ0n) is 14.0. The largest absolute Gasteiger partial charge is 0.380 e. The van der Waals surface area contributed by atoms with Crippen LogP contribution < -0.4 is 5.32 Å². The number of carbonyl (C=O) groups excluding carboxylic acids is 1. The number of aryl methyl sites for hydroxylation is 3. The average molecular weight is 313 g/mol. The van der Waals surface area contributed by atoms with Gasteiger partial charge in [0.05, 0.1) is 11.3 Å². The Kier molecular flexibility index (Phi) is 4.37. The molecule has 23 heavy (non-hydrogen) atoms. The Bertz CT molecular complexity index is 696. The smallest absolute Gasteiger partial charge is 0.256 e. The second-order valence-electron chi connectivity index (χ2n) is 6.15. The summed E-state index contributed by atoms with van der Waals surface area (Å²) >= 11 is 0. The predicted molar refractivity (Wildman–Crippen MR) is 89.6 cm³/mol. The molecule has 2 aromatic rings. The van der Waals surface area contributed by atoms with Crippen molar-refractivity contribution in [1.29, 1.82) is 0 Å². The lowest BCUT2D eigenvalue weighted by molar-refractivity contribution is 0.0793. The molecular weight excluding hydrogens is 290 g/mol. The number of carbonyl (C=O) groups is 1. The van der Waals surface area contributed by atoms with E-state index >= 15 is 0 Å². The normalized spacial score (nSPS) is 14.3. The van der Waals surface area contributed by atoms with Crippen LogP contribution in [0.15, 0.2) is 22.7 Å². The summed E-state index contributed by atoms with van der Waals surface area (Å²) in [6, 6.07) is 5.94. The zero-order chi connectivity index (χ0) is 16.4. The quantitative estimate of drug-likeness (QED) is 0.939. The lowest BCUT2D eigenvalue weighted by atomic mass is 10.0. The predicted octanol–water partition coefficient (Wildman–Crippen LogP) is 3.45. The molecule has 1 aromatic heterocycles. The zero-order valence-corrected chi connectivity index (χ0v) is 14.0. The fraction of sp³-hybridized carbons (Fsp3) is 0.444. The van der Waals surface area contributed by atoms with Crippen molar-refractivity contribution < 1.29 is 9.32 Å². The first-order valence-electron chi connectivity index (χ1n) is 8.12. The van der Waals surface area contributed by atoms with Crippen molar-refractivity contribution in [3.05, 3.63) is 46.3 Å². The van der Waals surface area contributed by atoms with Crippen molar-refractivity contribution >= 4 is 11.6 Å². The monoisotopic (exact) mass is 313 g/mol. The Morgan fingerprint density at radius 3 is 2.65 bits per heavy atom. The van der Waals surface area contributed by atoms with E-state index in [4.69, 9.17) is 4.52 Å². The highest BCUT2D eigenvalue weighted by atomic mass is 16.5. The lowest BCUT2D eigenvalue weighted by Crippen LogP contribution is -2.29. The van der Waals surface area contributed by atoms with E-state index in [1.54, 1.807) is 0 Å². The van der Waals surface area contributed by atoms with Crippen LogP contribution in [0, 0.1) is 20.8 Å². The molecule has 0 atom stereocenters.